The summed E-state index contributed by atoms with van der Waals surface area (Å²) >= 11 is 0. The zero-order valence-corrected chi connectivity index (χ0v) is 14.6. The van der Waals surface area contributed by atoms with Gasteiger partial charge in [0.15, 0.2) is 0 Å². The molecule has 0 unspecified atom stereocenters. The van der Waals surface area contributed by atoms with E-state index < -0.39 is 10.0 Å². The Hall–Kier alpha value is -1.40. The second kappa shape index (κ2) is 8.45. The number of piperidine rings is 1. The normalized spacial score (nSPS) is 16.2. The largest absolute Gasteiger partial charge is 0.352 e. The SMILES string of the molecule is CCCCC(=O)NCc1ccc(S(=O)(=O)N2CCCCC2)cc1. The van der Waals surface area contributed by atoms with Crippen LogP contribution in [0.2, 0.25) is 0 Å². The van der Waals surface area contributed by atoms with Gasteiger partial charge in [-0.2, -0.15) is 4.31 Å². The van der Waals surface area contributed by atoms with E-state index in [1.165, 1.54) is 0 Å². The number of unbranched alkanes of at least 4 members (excludes halogenated alkanes) is 1. The Morgan fingerprint density at radius 1 is 1.13 bits per heavy atom. The fourth-order valence-electron chi connectivity index (χ4n) is 2.66. The molecule has 1 N–H and O–H groups in total. The van der Waals surface area contributed by atoms with E-state index in [9.17, 15) is 13.2 Å². The summed E-state index contributed by atoms with van der Waals surface area (Å²) < 4.78 is 26.6. The fraction of sp³-hybridized carbons (Fsp3) is 0.588. The van der Waals surface area contributed by atoms with Crippen molar-refractivity contribution in [2.45, 2.75) is 56.9 Å². The summed E-state index contributed by atoms with van der Waals surface area (Å²) in [7, 11) is -3.38. The van der Waals surface area contributed by atoms with Crippen LogP contribution in [0.4, 0.5) is 0 Å². The van der Waals surface area contributed by atoms with E-state index in [2.05, 4.69) is 12.2 Å². The van der Waals surface area contributed by atoms with Gasteiger partial charge in [-0.25, -0.2) is 8.42 Å². The van der Waals surface area contributed by atoms with Gasteiger partial charge in [0.2, 0.25) is 15.9 Å². The number of hydrogen-bond acceptors (Lipinski definition) is 3. The van der Waals surface area contributed by atoms with Crippen molar-refractivity contribution in [2.75, 3.05) is 13.1 Å². The lowest BCUT2D eigenvalue weighted by Gasteiger charge is -2.25. The van der Waals surface area contributed by atoms with E-state index in [0.717, 1.165) is 37.7 Å². The number of sulfonamides is 1. The second-order valence-corrected chi connectivity index (χ2v) is 7.93. The molecule has 128 valence electrons. The van der Waals surface area contributed by atoms with Crippen LogP contribution in [0, 0.1) is 0 Å². The van der Waals surface area contributed by atoms with Crippen molar-refractivity contribution in [1.82, 2.24) is 9.62 Å². The van der Waals surface area contributed by atoms with Gasteiger partial charge in [-0.15, -0.1) is 0 Å². The Balaban J connectivity index is 1.94. The fourth-order valence-corrected chi connectivity index (χ4v) is 4.18. The van der Waals surface area contributed by atoms with E-state index in [0.29, 0.717) is 31.0 Å². The number of carbonyl (C=O) groups is 1. The highest BCUT2D eigenvalue weighted by Gasteiger charge is 2.25. The zero-order valence-electron chi connectivity index (χ0n) is 13.8. The van der Waals surface area contributed by atoms with E-state index in [-0.39, 0.29) is 5.91 Å². The van der Waals surface area contributed by atoms with Crippen LogP contribution in [0.5, 0.6) is 0 Å². The molecule has 5 nitrogen and oxygen atoms in total. The van der Waals surface area contributed by atoms with Crippen LogP contribution in [0.3, 0.4) is 0 Å². The minimum absolute atomic E-state index is 0.0388. The van der Waals surface area contributed by atoms with Crippen molar-refractivity contribution < 1.29 is 13.2 Å². The first-order valence-electron chi connectivity index (χ1n) is 8.40. The Labute approximate surface area is 139 Å². The third kappa shape index (κ3) is 5.04. The summed E-state index contributed by atoms with van der Waals surface area (Å²) in [5, 5.41) is 2.86. The summed E-state index contributed by atoms with van der Waals surface area (Å²) in [6, 6.07) is 6.82. The van der Waals surface area contributed by atoms with Crippen LogP contribution in [-0.2, 0) is 21.4 Å². The molecule has 1 aromatic carbocycles. The zero-order chi connectivity index (χ0) is 16.7. The van der Waals surface area contributed by atoms with Crippen LogP contribution >= 0.6 is 0 Å². The molecule has 0 atom stereocenters. The third-order valence-corrected chi connectivity index (χ3v) is 6.04. The average Bonchev–Trinajstić information content (AvgIpc) is 2.59. The number of nitrogens with one attached hydrogen (secondary N) is 1. The standard InChI is InChI=1S/C17H26N2O3S/c1-2-3-7-17(20)18-14-15-8-10-16(11-9-15)23(21,22)19-12-5-4-6-13-19/h8-11H,2-7,12-14H2,1H3,(H,18,20). The molecule has 1 saturated heterocycles. The molecular weight excluding hydrogens is 312 g/mol. The Morgan fingerprint density at radius 2 is 1.78 bits per heavy atom. The summed E-state index contributed by atoms with van der Waals surface area (Å²) in [6.45, 7) is 3.70. The van der Waals surface area contributed by atoms with E-state index in [4.69, 9.17) is 0 Å². The minimum atomic E-state index is -3.38. The molecule has 1 aliphatic heterocycles. The van der Waals surface area contributed by atoms with Gasteiger partial charge < -0.3 is 5.32 Å². The molecule has 6 heteroatoms. The topological polar surface area (TPSA) is 66.5 Å². The lowest BCUT2D eigenvalue weighted by atomic mass is 10.2. The van der Waals surface area contributed by atoms with E-state index >= 15 is 0 Å². The van der Waals surface area contributed by atoms with Crippen molar-refractivity contribution >= 4 is 15.9 Å². The smallest absolute Gasteiger partial charge is 0.243 e. The van der Waals surface area contributed by atoms with Crippen LogP contribution in [-0.4, -0.2) is 31.7 Å². The predicted octanol–water partition coefficient (Wildman–Crippen LogP) is 2.67. The summed E-state index contributed by atoms with van der Waals surface area (Å²) in [6.07, 6.45) is 5.39. The van der Waals surface area contributed by atoms with Gasteiger partial charge in [0.1, 0.15) is 0 Å². The van der Waals surface area contributed by atoms with Gasteiger partial charge in [0.25, 0.3) is 0 Å². The van der Waals surface area contributed by atoms with Crippen molar-refractivity contribution in [3.05, 3.63) is 29.8 Å². The molecule has 1 heterocycles. The van der Waals surface area contributed by atoms with Gasteiger partial charge in [-0.3, -0.25) is 4.79 Å². The number of amides is 1. The Morgan fingerprint density at radius 3 is 2.39 bits per heavy atom. The lowest BCUT2D eigenvalue weighted by Crippen LogP contribution is -2.35. The number of carbonyl (C=O) groups excluding carboxylic acids is 1. The van der Waals surface area contributed by atoms with Crippen molar-refractivity contribution in [3.8, 4) is 0 Å². The first-order chi connectivity index (χ1) is 11.0. The Bertz CT molecular complexity index is 605. The molecule has 1 fully saturated rings. The van der Waals surface area contributed by atoms with Crippen LogP contribution in [0.15, 0.2) is 29.2 Å². The molecule has 0 spiro atoms. The maximum absolute atomic E-state index is 12.5. The van der Waals surface area contributed by atoms with Gasteiger partial charge >= 0.3 is 0 Å². The minimum Gasteiger partial charge on any atom is -0.352 e. The summed E-state index contributed by atoms with van der Waals surface area (Å²) in [5.74, 6) is 0.0388. The molecule has 1 aromatic rings. The van der Waals surface area contributed by atoms with E-state index in [1.807, 2.05) is 0 Å². The molecule has 0 bridgehead atoms. The average molecular weight is 338 g/mol. The summed E-state index contributed by atoms with van der Waals surface area (Å²) in [4.78, 5) is 11.9. The molecule has 0 radical (unpaired) electrons. The van der Waals surface area contributed by atoms with Gasteiger partial charge in [0.05, 0.1) is 4.90 Å². The molecular formula is C17H26N2O3S. The highest BCUT2D eigenvalue weighted by atomic mass is 32.2. The molecule has 1 amide bonds. The number of nitrogens with zero attached hydrogens (tertiary/aromatic N) is 1. The van der Waals surface area contributed by atoms with Crippen molar-refractivity contribution in [1.29, 1.82) is 0 Å². The molecule has 23 heavy (non-hydrogen) atoms. The van der Waals surface area contributed by atoms with Crippen molar-refractivity contribution in [2.24, 2.45) is 0 Å². The third-order valence-electron chi connectivity index (χ3n) is 4.12. The number of rotatable bonds is 7. The van der Waals surface area contributed by atoms with Crippen LogP contribution in [0.25, 0.3) is 0 Å². The van der Waals surface area contributed by atoms with Crippen LogP contribution in [0.1, 0.15) is 51.0 Å². The van der Waals surface area contributed by atoms with Gasteiger partial charge in [-0.1, -0.05) is 31.9 Å². The maximum atomic E-state index is 12.5. The lowest BCUT2D eigenvalue weighted by molar-refractivity contribution is -0.121. The first kappa shape index (κ1) is 17.9. The van der Waals surface area contributed by atoms with Crippen molar-refractivity contribution in [3.63, 3.8) is 0 Å². The maximum Gasteiger partial charge on any atom is 0.243 e. The second-order valence-electron chi connectivity index (χ2n) is 5.99. The van der Waals surface area contributed by atoms with Crippen LogP contribution < -0.4 is 5.32 Å². The van der Waals surface area contributed by atoms with Gasteiger partial charge in [-0.05, 0) is 37.0 Å². The highest BCUT2D eigenvalue weighted by Crippen LogP contribution is 2.20. The van der Waals surface area contributed by atoms with E-state index in [1.54, 1.807) is 28.6 Å². The molecule has 0 saturated carbocycles. The quantitative estimate of drug-likeness (QED) is 0.831. The molecule has 2 rings (SSSR count). The molecule has 0 aromatic heterocycles. The first-order valence-corrected chi connectivity index (χ1v) is 9.84. The summed E-state index contributed by atoms with van der Waals surface area (Å²) in [5.41, 5.74) is 0.910. The highest BCUT2D eigenvalue weighted by molar-refractivity contribution is 7.89. The number of hydrogen-bond donors (Lipinski definition) is 1. The predicted molar refractivity (Wildman–Crippen MR) is 90.4 cm³/mol. The number of benzene rings is 1. The van der Waals surface area contributed by atoms with Gasteiger partial charge in [0, 0.05) is 26.1 Å². The monoisotopic (exact) mass is 338 g/mol. The molecule has 1 aliphatic rings. The Kier molecular flexibility index (Phi) is 6.59. The molecule has 0 aliphatic carbocycles.